The maximum absolute atomic E-state index is 14.5. The summed E-state index contributed by atoms with van der Waals surface area (Å²) in [4.78, 5) is 117. The molecule has 39 heteroatoms. The minimum absolute atomic E-state index is 0.00441. The van der Waals surface area contributed by atoms with E-state index in [4.69, 9.17) is 73.5 Å². The second-order valence-corrected chi connectivity index (χ2v) is 25.1. The molecule has 594 valence electrons. The monoisotopic (exact) mass is 1550 g/mol. The molecule has 0 saturated carbocycles. The Labute approximate surface area is 630 Å². The van der Waals surface area contributed by atoms with Gasteiger partial charge < -0.3 is 78.6 Å². The molecule has 0 spiro atoms. The number of halogens is 4. The minimum atomic E-state index is -1.74. The molecule has 3 fully saturated rings. The number of aromatic nitrogens is 12. The van der Waals surface area contributed by atoms with Crippen molar-refractivity contribution in [2.45, 2.75) is 224 Å². The second-order valence-electron chi connectivity index (χ2n) is 24.8. The summed E-state index contributed by atoms with van der Waals surface area (Å²) in [5.41, 5.74) is -5.06. The SMILES string of the molecule is C#C[C@]1(CO)O[C@@H](n2cnc3c(NC(=O)CCCCC)nc(F)nc32)C[C@@H]1O.C#C[C@]1(COC(=O)OCCC)O[C@@H](n2cnc3c(NC(=O)CCCCC)nc(F)nc32)C[C@@H]1O.C#C[C@]1(COC(=O)OCCC)O[C@@H](n2cnc3c(NC(=O)CCCCC)nc(F)nc32)C[C@@H]1OC(=O)OCCC.CCCOC(=O)Cl. The molecule has 6 aromatic rings. The van der Waals surface area contributed by atoms with Crippen molar-refractivity contribution in [1.82, 2.24) is 58.6 Å². The Balaban J connectivity index is 0.000000247. The van der Waals surface area contributed by atoms with Crippen LogP contribution in [0.2, 0.25) is 0 Å². The number of imidazole rings is 3. The molecular weight excluding hydrogens is 1460 g/mol. The molecule has 0 aliphatic carbocycles. The topological polar surface area (TPSA) is 439 Å². The summed E-state index contributed by atoms with van der Waals surface area (Å²) in [5, 5.41) is 38.0. The van der Waals surface area contributed by atoms with Crippen LogP contribution in [0.5, 0.6) is 0 Å². The van der Waals surface area contributed by atoms with E-state index in [1.807, 2.05) is 48.5 Å². The Morgan fingerprint density at radius 1 is 0.486 bits per heavy atom. The summed E-state index contributed by atoms with van der Waals surface area (Å²) in [6, 6.07) is 0. The zero-order chi connectivity index (χ0) is 79.8. The van der Waals surface area contributed by atoms with E-state index < -0.39 is 116 Å². The number of amides is 3. The highest BCUT2D eigenvalue weighted by Crippen LogP contribution is 2.43. The number of fused-ring (bicyclic) bond motifs is 3. The molecule has 9 heterocycles. The van der Waals surface area contributed by atoms with Gasteiger partial charge in [0.2, 0.25) is 23.3 Å². The van der Waals surface area contributed by atoms with E-state index in [0.717, 1.165) is 51.4 Å². The van der Waals surface area contributed by atoms with E-state index in [1.54, 1.807) is 0 Å². The van der Waals surface area contributed by atoms with Crippen LogP contribution in [0, 0.1) is 55.3 Å². The van der Waals surface area contributed by atoms with Crippen LogP contribution in [0.1, 0.15) is 189 Å². The van der Waals surface area contributed by atoms with Crippen molar-refractivity contribution in [2.75, 3.05) is 62.2 Å². The highest BCUT2D eigenvalue weighted by atomic mass is 35.5. The lowest BCUT2D eigenvalue weighted by Crippen LogP contribution is -2.45. The van der Waals surface area contributed by atoms with Crippen LogP contribution in [-0.2, 0) is 61.8 Å². The van der Waals surface area contributed by atoms with E-state index in [9.17, 15) is 62.1 Å². The molecule has 0 radical (unpaired) electrons. The van der Waals surface area contributed by atoms with E-state index in [0.29, 0.717) is 45.1 Å². The van der Waals surface area contributed by atoms with Crippen molar-refractivity contribution < 1.29 is 109 Å². The van der Waals surface area contributed by atoms with Crippen LogP contribution in [0.4, 0.5) is 49.8 Å². The highest BCUT2D eigenvalue weighted by molar-refractivity contribution is 6.61. The van der Waals surface area contributed by atoms with Gasteiger partial charge >= 0.3 is 42.1 Å². The number of rotatable bonds is 32. The van der Waals surface area contributed by atoms with Crippen molar-refractivity contribution in [2.24, 2.45) is 0 Å². The van der Waals surface area contributed by atoms with Gasteiger partial charge in [-0.15, -0.1) is 19.3 Å². The Morgan fingerprint density at radius 2 is 0.817 bits per heavy atom. The van der Waals surface area contributed by atoms with E-state index >= 15 is 0 Å². The number of aliphatic hydroxyl groups excluding tert-OH is 3. The van der Waals surface area contributed by atoms with Crippen LogP contribution in [-0.4, -0.2) is 197 Å². The molecule has 0 unspecified atom stereocenters. The van der Waals surface area contributed by atoms with Crippen LogP contribution in [0.25, 0.3) is 33.5 Å². The third-order valence-corrected chi connectivity index (χ3v) is 16.6. The van der Waals surface area contributed by atoms with E-state index in [2.05, 4.69) is 83.3 Å². The fourth-order valence-electron chi connectivity index (χ4n) is 10.9. The summed E-state index contributed by atoms with van der Waals surface area (Å²) in [5.74, 6) is 5.92. The lowest BCUT2D eigenvalue weighted by molar-refractivity contribution is -0.117. The summed E-state index contributed by atoms with van der Waals surface area (Å²) in [7, 11) is 0. The number of terminal acetylenes is 3. The van der Waals surface area contributed by atoms with Crippen molar-refractivity contribution in [3.63, 3.8) is 0 Å². The molecule has 3 aliphatic rings. The first-order chi connectivity index (χ1) is 52.3. The third-order valence-electron chi connectivity index (χ3n) is 16.5. The summed E-state index contributed by atoms with van der Waals surface area (Å²) < 4.78 is 99.2. The Bertz CT molecular complexity index is 4190. The number of aliphatic hydroxyl groups is 3. The molecule has 3 amide bonds. The normalized spacial score (nSPS) is 21.0. The third kappa shape index (κ3) is 24.2. The Hall–Kier alpha value is -10.1. The number of unbranched alkanes of at least 4 members (excludes halogenated alkanes) is 6. The first kappa shape index (κ1) is 87.8. The molecule has 9 rings (SSSR count). The van der Waals surface area contributed by atoms with Gasteiger partial charge in [-0.2, -0.15) is 43.1 Å². The number of nitrogens with one attached hydrogen (secondary N) is 3. The lowest BCUT2D eigenvalue weighted by Gasteiger charge is -2.28. The second kappa shape index (κ2) is 43.2. The van der Waals surface area contributed by atoms with Gasteiger partial charge in [-0.3, -0.25) is 28.1 Å². The van der Waals surface area contributed by atoms with Crippen molar-refractivity contribution in [3.8, 4) is 37.0 Å². The largest absolute Gasteiger partial charge is 0.508 e. The zero-order valence-corrected chi connectivity index (χ0v) is 62.2. The van der Waals surface area contributed by atoms with Gasteiger partial charge in [0.05, 0.1) is 52.0 Å². The first-order valence-corrected chi connectivity index (χ1v) is 36.0. The Morgan fingerprint density at radius 3 is 1.15 bits per heavy atom. The number of ether oxygens (including phenoxy) is 10. The maximum atomic E-state index is 14.5. The Kier molecular flexibility index (Phi) is 34.7. The predicted molar refractivity (Wildman–Crippen MR) is 381 cm³/mol. The van der Waals surface area contributed by atoms with Gasteiger partial charge in [0.1, 0.15) is 44.1 Å². The molecule has 35 nitrogen and oxygen atoms in total. The summed E-state index contributed by atoms with van der Waals surface area (Å²) in [6.07, 6.45) is 19.6. The summed E-state index contributed by atoms with van der Waals surface area (Å²) >= 11 is 4.80. The molecule has 9 atom stereocenters. The smallest absolute Gasteiger partial charge is 0.454 e. The van der Waals surface area contributed by atoms with E-state index in [1.165, 1.54) is 32.7 Å². The van der Waals surface area contributed by atoms with Gasteiger partial charge in [0.25, 0.3) is 0 Å². The van der Waals surface area contributed by atoms with E-state index in [-0.39, 0.29) is 121 Å². The van der Waals surface area contributed by atoms with Gasteiger partial charge in [0.15, 0.2) is 68.3 Å². The van der Waals surface area contributed by atoms with Gasteiger partial charge in [-0.05, 0) is 44.9 Å². The van der Waals surface area contributed by atoms with Crippen molar-refractivity contribution in [3.05, 3.63) is 37.2 Å². The molecule has 0 aromatic carbocycles. The first-order valence-electron chi connectivity index (χ1n) is 35.6. The molecule has 0 bridgehead atoms. The predicted octanol–water partition coefficient (Wildman–Crippen LogP) is 9.87. The molecule has 3 aliphatic heterocycles. The zero-order valence-electron chi connectivity index (χ0n) is 61.5. The maximum Gasteiger partial charge on any atom is 0.508 e. The summed E-state index contributed by atoms with van der Waals surface area (Å²) in [6.45, 7) is 12.8. The fraction of sp³-hybridized carbons (Fsp3) is 0.600. The number of hydrogen-bond acceptors (Lipinski definition) is 29. The lowest BCUT2D eigenvalue weighted by atomic mass is 9.98. The van der Waals surface area contributed by atoms with Crippen LogP contribution < -0.4 is 16.0 Å². The highest BCUT2D eigenvalue weighted by Gasteiger charge is 2.54. The molecule has 6 N–H and O–H groups in total. The molecule has 3 saturated heterocycles. The number of hydrogen-bond donors (Lipinski definition) is 6. The quantitative estimate of drug-likeness (QED) is 0.00571. The number of anilines is 3. The minimum Gasteiger partial charge on any atom is -0.454 e. The van der Waals surface area contributed by atoms with Crippen LogP contribution >= 0.6 is 11.6 Å². The molecular formula is C70H91ClF3N15O20. The average Bonchev–Trinajstić information content (AvgIpc) is 1.62. The number of carbonyl (C=O) groups excluding carboxylic acids is 7. The standard InChI is InChI=1S/C26H34FN5O8.C22H28FN5O6.C18H22FN5O4.C4H7ClO2/c1-5-9-10-11-18(33)29-21-20-22(31-23(27)30-21)32(16-28-20)19-14-17(39-25(35)37-13-7-3)26(8-4,40-19)15-38-24(34)36-12-6-2;1-4-7-8-9-15(30)25-18-17-19(27-20(23)26-18)28(13-24-17)16-11-14(29)22(6-3,34-16)12-33-21(31)32-10-5-2;1-3-5-6-7-12(27)21-15-14-16(23-17(19)22-15)24(10-20-14)13-8-11(26)18(4-2,9-25)28-13;1-2-3-7-4(5)6/h4,16-17,19H,5-7,9-15H2,1-3H3,(H,29,30,31,33);3,13-14,16,29H,4-5,7-12H2,1-2H3,(H,25,26,27,30);2,10-11,13,25-26H,3,5-9H2,1H3,(H,21,22,23,27);2-3H2,1H3/t17-,19+,26+;14-,16+,22+;11-,13+,18+;/m000./s1. The average molecular weight is 1560 g/mol. The number of nitrogens with zero attached hydrogens (tertiary/aromatic N) is 12. The van der Waals surface area contributed by atoms with Gasteiger partial charge in [-0.1, -0.05) is 105 Å². The number of carbonyl (C=O) groups is 7. The van der Waals surface area contributed by atoms with Gasteiger partial charge in [-0.25, -0.2) is 34.1 Å². The molecule has 109 heavy (non-hydrogen) atoms. The van der Waals surface area contributed by atoms with Crippen LogP contribution in [0.3, 0.4) is 0 Å². The van der Waals surface area contributed by atoms with Crippen LogP contribution in [0.15, 0.2) is 19.0 Å². The van der Waals surface area contributed by atoms with Crippen molar-refractivity contribution >= 4 is 104 Å². The fourth-order valence-corrected chi connectivity index (χ4v) is 10.9. The van der Waals surface area contributed by atoms with Crippen molar-refractivity contribution in [1.29, 1.82) is 0 Å². The molecule has 6 aromatic heterocycles. The van der Waals surface area contributed by atoms with Gasteiger partial charge in [0, 0.05) is 50.1 Å².